The van der Waals surface area contributed by atoms with Crippen LogP contribution < -0.4 is 0 Å². The Labute approximate surface area is 71.9 Å². The highest BCUT2D eigenvalue weighted by molar-refractivity contribution is 5.39. The second kappa shape index (κ2) is 3.13. The Hall–Kier alpha value is -1.05. The van der Waals surface area contributed by atoms with Crippen LogP contribution in [-0.4, -0.2) is 5.11 Å². The van der Waals surface area contributed by atoms with Gasteiger partial charge in [0, 0.05) is 5.56 Å². The van der Waals surface area contributed by atoms with E-state index < -0.39 is 0 Å². The summed E-state index contributed by atoms with van der Waals surface area (Å²) in [5, 5.41) is 9.35. The maximum Gasteiger partial charge on any atom is 0.133 e. The first-order valence-corrected chi connectivity index (χ1v) is 4.02. The molecule has 1 N–H and O–H groups in total. The minimum atomic E-state index is -0.287. The zero-order valence-electron chi connectivity index (χ0n) is 7.56. The highest BCUT2D eigenvalue weighted by Gasteiger charge is 2.13. The van der Waals surface area contributed by atoms with E-state index in [1.165, 1.54) is 6.07 Å². The predicted molar refractivity (Wildman–Crippen MR) is 46.9 cm³/mol. The number of benzene rings is 1. The molecule has 0 saturated carbocycles. The Balaban J connectivity index is 3.33. The third-order valence-electron chi connectivity index (χ3n) is 1.93. The Morgan fingerprint density at radius 2 is 1.92 bits per heavy atom. The first kappa shape index (κ1) is 9.04. The van der Waals surface area contributed by atoms with E-state index in [4.69, 9.17) is 0 Å². The lowest BCUT2D eigenvalue weighted by Gasteiger charge is -2.10. The number of aromatic hydroxyl groups is 1. The monoisotopic (exact) mass is 168 g/mol. The third kappa shape index (κ3) is 1.42. The summed E-state index contributed by atoms with van der Waals surface area (Å²) in [5.74, 6) is -0.219. The van der Waals surface area contributed by atoms with Crippen LogP contribution in [0.25, 0.3) is 0 Å². The van der Waals surface area contributed by atoms with Gasteiger partial charge in [-0.05, 0) is 24.5 Å². The number of hydrogen-bond donors (Lipinski definition) is 1. The van der Waals surface area contributed by atoms with E-state index in [1.807, 2.05) is 13.8 Å². The van der Waals surface area contributed by atoms with Crippen LogP contribution in [0.2, 0.25) is 0 Å². The molecular formula is C10H13FO. The van der Waals surface area contributed by atoms with E-state index in [0.717, 1.165) is 0 Å². The number of halogens is 1. The number of rotatable bonds is 1. The number of hydrogen-bond acceptors (Lipinski definition) is 1. The molecule has 0 spiro atoms. The average molecular weight is 168 g/mol. The predicted octanol–water partition coefficient (Wildman–Crippen LogP) is 2.96. The molecule has 0 aliphatic heterocycles. The fourth-order valence-corrected chi connectivity index (χ4v) is 1.24. The second-order valence-corrected chi connectivity index (χ2v) is 3.28. The van der Waals surface area contributed by atoms with Gasteiger partial charge in [0.2, 0.25) is 0 Å². The molecule has 0 saturated heterocycles. The molecule has 1 rings (SSSR count). The topological polar surface area (TPSA) is 20.2 Å². The molecule has 0 amide bonds. The zero-order chi connectivity index (χ0) is 9.30. The summed E-state index contributed by atoms with van der Waals surface area (Å²) in [4.78, 5) is 0. The lowest BCUT2D eigenvalue weighted by Crippen LogP contribution is -1.95. The maximum absolute atomic E-state index is 13.4. The van der Waals surface area contributed by atoms with Gasteiger partial charge in [-0.15, -0.1) is 0 Å². The van der Waals surface area contributed by atoms with Gasteiger partial charge in [-0.1, -0.05) is 19.9 Å². The molecule has 0 aliphatic carbocycles. The van der Waals surface area contributed by atoms with Gasteiger partial charge in [0.15, 0.2) is 0 Å². The first-order valence-electron chi connectivity index (χ1n) is 4.02. The summed E-state index contributed by atoms with van der Waals surface area (Å²) in [7, 11) is 0. The summed E-state index contributed by atoms with van der Waals surface area (Å²) in [6, 6.07) is 3.12. The third-order valence-corrected chi connectivity index (χ3v) is 1.93. The van der Waals surface area contributed by atoms with E-state index in [0.29, 0.717) is 11.1 Å². The molecule has 0 aliphatic rings. The molecule has 1 aromatic carbocycles. The maximum atomic E-state index is 13.4. The van der Waals surface area contributed by atoms with Gasteiger partial charge >= 0.3 is 0 Å². The van der Waals surface area contributed by atoms with Gasteiger partial charge in [-0.3, -0.25) is 0 Å². The molecule has 66 valence electrons. The SMILES string of the molecule is Cc1ccc(O)c(C(C)C)c1F. The van der Waals surface area contributed by atoms with Gasteiger partial charge in [0.25, 0.3) is 0 Å². The quantitative estimate of drug-likeness (QED) is 0.683. The van der Waals surface area contributed by atoms with E-state index in [9.17, 15) is 9.50 Å². The Morgan fingerprint density at radius 3 is 2.33 bits per heavy atom. The van der Waals surface area contributed by atoms with Crippen molar-refractivity contribution in [1.29, 1.82) is 0 Å². The summed E-state index contributed by atoms with van der Waals surface area (Å²) in [5.41, 5.74) is 0.992. The normalized spacial score (nSPS) is 10.8. The van der Waals surface area contributed by atoms with Gasteiger partial charge in [-0.25, -0.2) is 4.39 Å². The fraction of sp³-hybridized carbons (Fsp3) is 0.400. The molecule has 0 fully saturated rings. The van der Waals surface area contributed by atoms with Crippen LogP contribution in [0.3, 0.4) is 0 Å². The van der Waals surface area contributed by atoms with Crippen molar-refractivity contribution in [3.8, 4) is 5.75 Å². The summed E-state index contributed by atoms with van der Waals surface area (Å²) in [6.45, 7) is 5.41. The number of aryl methyl sites for hydroxylation is 1. The molecule has 0 aromatic heterocycles. The van der Waals surface area contributed by atoms with Crippen LogP contribution in [0, 0.1) is 12.7 Å². The largest absolute Gasteiger partial charge is 0.508 e. The summed E-state index contributed by atoms with van der Waals surface area (Å²) >= 11 is 0. The standard InChI is InChI=1S/C10H13FO/c1-6(2)9-8(12)5-4-7(3)10(9)11/h4-6,12H,1-3H3. The van der Waals surface area contributed by atoms with Crippen LogP contribution in [0.5, 0.6) is 5.75 Å². The zero-order valence-corrected chi connectivity index (χ0v) is 7.56. The van der Waals surface area contributed by atoms with Gasteiger partial charge in [-0.2, -0.15) is 0 Å². The van der Waals surface area contributed by atoms with E-state index in [1.54, 1.807) is 13.0 Å². The molecule has 0 unspecified atom stereocenters. The van der Waals surface area contributed by atoms with Crippen LogP contribution in [0.4, 0.5) is 4.39 Å². The van der Waals surface area contributed by atoms with Crippen molar-refractivity contribution < 1.29 is 9.50 Å². The van der Waals surface area contributed by atoms with E-state index in [-0.39, 0.29) is 17.5 Å². The van der Waals surface area contributed by atoms with Crippen molar-refractivity contribution in [2.75, 3.05) is 0 Å². The average Bonchev–Trinajstić information content (AvgIpc) is 1.97. The Kier molecular flexibility index (Phi) is 2.36. The van der Waals surface area contributed by atoms with Gasteiger partial charge < -0.3 is 5.11 Å². The molecule has 1 nitrogen and oxygen atoms in total. The van der Waals surface area contributed by atoms with E-state index in [2.05, 4.69) is 0 Å². The number of phenols is 1. The summed E-state index contributed by atoms with van der Waals surface area (Å²) < 4.78 is 13.4. The van der Waals surface area contributed by atoms with Gasteiger partial charge in [0.1, 0.15) is 11.6 Å². The van der Waals surface area contributed by atoms with Crippen molar-refractivity contribution in [2.45, 2.75) is 26.7 Å². The lowest BCUT2D eigenvalue weighted by molar-refractivity contribution is 0.453. The minimum absolute atomic E-state index is 0.0184. The molecule has 1 aromatic rings. The number of phenolic OH excluding ortho intramolecular Hbond substituents is 1. The smallest absolute Gasteiger partial charge is 0.133 e. The van der Waals surface area contributed by atoms with Crippen molar-refractivity contribution in [2.24, 2.45) is 0 Å². The van der Waals surface area contributed by atoms with Crippen molar-refractivity contribution in [1.82, 2.24) is 0 Å². The summed E-state index contributed by atoms with van der Waals surface area (Å²) in [6.07, 6.45) is 0. The van der Waals surface area contributed by atoms with Crippen LogP contribution in [0.15, 0.2) is 12.1 Å². The minimum Gasteiger partial charge on any atom is -0.508 e. The first-order chi connectivity index (χ1) is 5.54. The molecule has 0 heterocycles. The molecule has 0 bridgehead atoms. The van der Waals surface area contributed by atoms with Crippen LogP contribution in [0.1, 0.15) is 30.9 Å². The second-order valence-electron chi connectivity index (χ2n) is 3.28. The van der Waals surface area contributed by atoms with E-state index >= 15 is 0 Å². The highest BCUT2D eigenvalue weighted by atomic mass is 19.1. The Morgan fingerprint density at radius 1 is 1.33 bits per heavy atom. The Bertz CT molecular complexity index is 292. The fourth-order valence-electron chi connectivity index (χ4n) is 1.24. The van der Waals surface area contributed by atoms with Crippen molar-refractivity contribution in [3.63, 3.8) is 0 Å². The van der Waals surface area contributed by atoms with Crippen molar-refractivity contribution in [3.05, 3.63) is 29.1 Å². The highest BCUT2D eigenvalue weighted by Crippen LogP contribution is 2.29. The molecular weight excluding hydrogens is 155 g/mol. The molecule has 2 heteroatoms. The van der Waals surface area contributed by atoms with Crippen LogP contribution >= 0.6 is 0 Å². The van der Waals surface area contributed by atoms with Gasteiger partial charge in [0.05, 0.1) is 0 Å². The molecule has 12 heavy (non-hydrogen) atoms. The van der Waals surface area contributed by atoms with Crippen molar-refractivity contribution >= 4 is 0 Å². The molecule has 0 atom stereocenters. The molecule has 0 radical (unpaired) electrons. The van der Waals surface area contributed by atoms with Crippen LogP contribution in [-0.2, 0) is 0 Å². The lowest BCUT2D eigenvalue weighted by atomic mass is 9.99.